The third-order valence-electron chi connectivity index (χ3n) is 3.56. The van der Waals surface area contributed by atoms with E-state index >= 15 is 0 Å². The predicted molar refractivity (Wildman–Crippen MR) is 95.7 cm³/mol. The summed E-state index contributed by atoms with van der Waals surface area (Å²) in [4.78, 5) is 13.5. The lowest BCUT2D eigenvalue weighted by Gasteiger charge is -2.19. The fourth-order valence-corrected chi connectivity index (χ4v) is 3.00. The van der Waals surface area contributed by atoms with Crippen LogP contribution in [0, 0.1) is 11.3 Å². The zero-order chi connectivity index (χ0) is 17.2. The van der Waals surface area contributed by atoms with E-state index in [2.05, 4.69) is 11.4 Å². The van der Waals surface area contributed by atoms with E-state index in [-0.39, 0.29) is 18.6 Å². The van der Waals surface area contributed by atoms with Gasteiger partial charge in [0.1, 0.15) is 0 Å². The van der Waals surface area contributed by atoms with Crippen molar-refractivity contribution in [2.75, 3.05) is 12.4 Å². The van der Waals surface area contributed by atoms with Gasteiger partial charge < -0.3 is 10.4 Å². The number of nitrogens with zero attached hydrogens (tertiary/aromatic N) is 1. The van der Waals surface area contributed by atoms with Gasteiger partial charge in [-0.3, -0.25) is 4.79 Å². The van der Waals surface area contributed by atoms with Crippen LogP contribution < -0.4 is 5.32 Å². The lowest BCUT2D eigenvalue weighted by atomic mass is 10.0. The monoisotopic (exact) mass is 340 g/mol. The molecule has 0 aliphatic heterocycles. The second-order valence-corrected chi connectivity index (χ2v) is 6.33. The molecule has 0 aromatic heterocycles. The molecule has 1 amide bonds. The first-order valence-corrected chi connectivity index (χ1v) is 8.79. The number of amides is 1. The molecule has 0 saturated carbocycles. The number of hydrogen-bond donors (Lipinski definition) is 2. The second kappa shape index (κ2) is 9.76. The van der Waals surface area contributed by atoms with Gasteiger partial charge in [-0.1, -0.05) is 36.4 Å². The predicted octanol–water partition coefficient (Wildman–Crippen LogP) is 3.55. The van der Waals surface area contributed by atoms with Crippen LogP contribution in [0.4, 0.5) is 0 Å². The minimum atomic E-state index is -0.152. The molecule has 2 aromatic carbocycles. The summed E-state index contributed by atoms with van der Waals surface area (Å²) in [6, 6.07) is 19.0. The molecular weight excluding hydrogens is 320 g/mol. The number of nitrogens with one attached hydrogen (secondary N) is 1. The molecule has 0 aliphatic rings. The Labute approximate surface area is 146 Å². The van der Waals surface area contributed by atoms with Crippen LogP contribution in [0.3, 0.4) is 0 Å². The van der Waals surface area contributed by atoms with Gasteiger partial charge in [-0.15, -0.1) is 11.8 Å². The molecule has 1 atom stereocenters. The molecule has 2 N–H and O–H groups in total. The summed E-state index contributed by atoms with van der Waals surface area (Å²) in [7, 11) is 0. The third-order valence-corrected chi connectivity index (χ3v) is 4.42. The lowest BCUT2D eigenvalue weighted by molar-refractivity contribution is 0.0932. The van der Waals surface area contributed by atoms with Crippen molar-refractivity contribution in [1.29, 1.82) is 5.26 Å². The SMILES string of the molecule is N#CCSc1cccc(C(=O)NC(CCCO)c2ccccc2)c1. The molecule has 0 aliphatic carbocycles. The summed E-state index contributed by atoms with van der Waals surface area (Å²) in [5, 5.41) is 20.8. The number of aliphatic hydroxyl groups excluding tert-OH is 1. The fraction of sp³-hybridized carbons (Fsp3) is 0.263. The summed E-state index contributed by atoms with van der Waals surface area (Å²) in [5.74, 6) is 0.204. The Morgan fingerprint density at radius 2 is 2.00 bits per heavy atom. The van der Waals surface area contributed by atoms with Crippen LogP contribution in [0.2, 0.25) is 0 Å². The van der Waals surface area contributed by atoms with Gasteiger partial charge in [0.25, 0.3) is 5.91 Å². The number of benzene rings is 2. The third kappa shape index (κ3) is 5.41. The van der Waals surface area contributed by atoms with Crippen molar-refractivity contribution in [3.63, 3.8) is 0 Å². The minimum absolute atomic E-state index is 0.0967. The molecular formula is C19H20N2O2S. The summed E-state index contributed by atoms with van der Waals surface area (Å²) in [5.41, 5.74) is 1.59. The minimum Gasteiger partial charge on any atom is -0.396 e. The van der Waals surface area contributed by atoms with Gasteiger partial charge in [0.05, 0.1) is 17.9 Å². The van der Waals surface area contributed by atoms with E-state index in [1.54, 1.807) is 12.1 Å². The Kier molecular flexibility index (Phi) is 7.34. The highest BCUT2D eigenvalue weighted by Gasteiger charge is 2.15. The maximum absolute atomic E-state index is 12.6. The maximum Gasteiger partial charge on any atom is 0.251 e. The van der Waals surface area contributed by atoms with Gasteiger partial charge >= 0.3 is 0 Å². The van der Waals surface area contributed by atoms with Gasteiger partial charge in [-0.05, 0) is 36.6 Å². The Hall–Kier alpha value is -2.29. The highest BCUT2D eigenvalue weighted by molar-refractivity contribution is 7.99. The zero-order valence-corrected chi connectivity index (χ0v) is 14.1. The van der Waals surface area contributed by atoms with E-state index < -0.39 is 0 Å². The zero-order valence-electron chi connectivity index (χ0n) is 13.3. The molecule has 4 nitrogen and oxygen atoms in total. The van der Waals surface area contributed by atoms with Crippen molar-refractivity contribution in [2.45, 2.75) is 23.8 Å². The largest absolute Gasteiger partial charge is 0.396 e. The molecule has 0 saturated heterocycles. The molecule has 0 spiro atoms. The molecule has 2 aromatic rings. The van der Waals surface area contributed by atoms with Crippen molar-refractivity contribution in [3.05, 3.63) is 65.7 Å². The van der Waals surface area contributed by atoms with Gasteiger partial charge in [-0.2, -0.15) is 5.26 Å². The van der Waals surface area contributed by atoms with Gasteiger partial charge in [-0.25, -0.2) is 0 Å². The van der Waals surface area contributed by atoms with Crippen LogP contribution in [0.5, 0.6) is 0 Å². The maximum atomic E-state index is 12.6. The van der Waals surface area contributed by atoms with Crippen molar-refractivity contribution >= 4 is 17.7 Å². The number of thioether (sulfide) groups is 1. The Morgan fingerprint density at radius 3 is 2.71 bits per heavy atom. The van der Waals surface area contributed by atoms with Crippen LogP contribution in [0.25, 0.3) is 0 Å². The van der Waals surface area contributed by atoms with Crippen LogP contribution in [0.1, 0.15) is 34.8 Å². The molecule has 0 heterocycles. The van der Waals surface area contributed by atoms with Crippen LogP contribution in [-0.2, 0) is 0 Å². The average Bonchev–Trinajstić information content (AvgIpc) is 2.64. The molecule has 0 fully saturated rings. The van der Waals surface area contributed by atoms with Gasteiger partial charge in [0, 0.05) is 17.1 Å². The number of rotatable bonds is 8. The molecule has 0 bridgehead atoms. The average molecular weight is 340 g/mol. The first kappa shape index (κ1) is 18.1. The number of carbonyl (C=O) groups excluding carboxylic acids is 1. The van der Waals surface area contributed by atoms with Crippen LogP contribution in [0.15, 0.2) is 59.5 Å². The number of nitriles is 1. The van der Waals surface area contributed by atoms with E-state index in [4.69, 9.17) is 10.4 Å². The van der Waals surface area contributed by atoms with Crippen LogP contribution in [-0.4, -0.2) is 23.4 Å². The van der Waals surface area contributed by atoms with Gasteiger partial charge in [0.15, 0.2) is 0 Å². The van der Waals surface area contributed by atoms with Crippen molar-refractivity contribution < 1.29 is 9.90 Å². The molecule has 1 unspecified atom stereocenters. The molecule has 24 heavy (non-hydrogen) atoms. The second-order valence-electron chi connectivity index (χ2n) is 5.28. The van der Waals surface area contributed by atoms with Crippen LogP contribution >= 0.6 is 11.8 Å². The smallest absolute Gasteiger partial charge is 0.251 e. The first-order chi connectivity index (χ1) is 11.7. The Bertz CT molecular complexity index is 698. The van der Waals surface area contributed by atoms with E-state index in [1.165, 1.54) is 11.8 Å². The summed E-state index contributed by atoms with van der Waals surface area (Å²) < 4.78 is 0. The van der Waals surface area contributed by atoms with E-state index in [9.17, 15) is 4.79 Å². The number of aliphatic hydroxyl groups is 1. The fourth-order valence-electron chi connectivity index (χ4n) is 2.39. The van der Waals surface area contributed by atoms with E-state index in [0.717, 1.165) is 10.5 Å². The molecule has 0 radical (unpaired) electrons. The first-order valence-electron chi connectivity index (χ1n) is 7.81. The van der Waals surface area contributed by atoms with E-state index in [0.29, 0.717) is 24.2 Å². The Balaban J connectivity index is 2.11. The van der Waals surface area contributed by atoms with Crippen molar-refractivity contribution in [1.82, 2.24) is 5.32 Å². The quantitative estimate of drug-likeness (QED) is 0.721. The normalized spacial score (nSPS) is 11.5. The van der Waals surface area contributed by atoms with Crippen molar-refractivity contribution in [2.24, 2.45) is 0 Å². The number of carbonyl (C=O) groups is 1. The molecule has 2 rings (SSSR count). The highest BCUT2D eigenvalue weighted by Crippen LogP contribution is 2.21. The Morgan fingerprint density at radius 1 is 1.21 bits per heavy atom. The summed E-state index contributed by atoms with van der Waals surface area (Å²) >= 11 is 1.41. The summed E-state index contributed by atoms with van der Waals surface area (Å²) in [6.07, 6.45) is 1.30. The van der Waals surface area contributed by atoms with Crippen molar-refractivity contribution in [3.8, 4) is 6.07 Å². The topological polar surface area (TPSA) is 73.1 Å². The molecule has 5 heteroatoms. The van der Waals surface area contributed by atoms with Gasteiger partial charge in [0.2, 0.25) is 0 Å². The lowest BCUT2D eigenvalue weighted by Crippen LogP contribution is -2.28. The summed E-state index contributed by atoms with van der Waals surface area (Å²) in [6.45, 7) is 0.0967. The standard InChI is InChI=1S/C19H20N2O2S/c20-11-13-24-17-9-4-8-16(14-17)19(23)21-18(10-5-12-22)15-6-2-1-3-7-15/h1-4,6-9,14,18,22H,5,10,12-13H2,(H,21,23). The number of hydrogen-bond acceptors (Lipinski definition) is 4. The highest BCUT2D eigenvalue weighted by atomic mass is 32.2. The molecule has 124 valence electrons. The van der Waals surface area contributed by atoms with E-state index in [1.807, 2.05) is 42.5 Å².